The van der Waals surface area contributed by atoms with Crippen molar-refractivity contribution in [2.24, 2.45) is 0 Å². The van der Waals surface area contributed by atoms with E-state index < -0.39 is 11.3 Å². The summed E-state index contributed by atoms with van der Waals surface area (Å²) >= 11 is 1.58. The van der Waals surface area contributed by atoms with Crippen LogP contribution >= 0.6 is 11.3 Å². The maximum Gasteiger partial charge on any atom is 0.236 e. The lowest BCUT2D eigenvalue weighted by Crippen LogP contribution is -2.51. The van der Waals surface area contributed by atoms with Gasteiger partial charge in [-0.2, -0.15) is 0 Å². The predicted molar refractivity (Wildman–Crippen MR) is 125 cm³/mol. The molecule has 3 aromatic heterocycles. The summed E-state index contributed by atoms with van der Waals surface area (Å²) in [5, 5.41) is 20.9. The Balaban J connectivity index is 1.61. The zero-order chi connectivity index (χ0) is 22.5. The van der Waals surface area contributed by atoms with Crippen molar-refractivity contribution in [3.63, 3.8) is 0 Å². The van der Waals surface area contributed by atoms with Gasteiger partial charge in [0.2, 0.25) is 5.91 Å². The minimum atomic E-state index is -0.574. The van der Waals surface area contributed by atoms with Crippen molar-refractivity contribution < 1.29 is 14.3 Å². The fraction of sp³-hybridized carbons (Fsp3) is 0.240. The van der Waals surface area contributed by atoms with Gasteiger partial charge in [-0.3, -0.25) is 15.2 Å². The first-order valence-electron chi connectivity index (χ1n) is 10.4. The maximum atomic E-state index is 13.5. The van der Waals surface area contributed by atoms with Crippen molar-refractivity contribution in [3.05, 3.63) is 76.3 Å². The van der Waals surface area contributed by atoms with Crippen molar-refractivity contribution in [2.45, 2.75) is 31.3 Å². The fourth-order valence-corrected chi connectivity index (χ4v) is 5.67. The third-order valence-electron chi connectivity index (χ3n) is 6.39. The summed E-state index contributed by atoms with van der Waals surface area (Å²) in [7, 11) is 1.68. The molecule has 162 valence electrons. The van der Waals surface area contributed by atoms with Crippen LogP contribution in [0.15, 0.2) is 64.6 Å². The zero-order valence-corrected chi connectivity index (χ0v) is 18.6. The molecule has 1 aromatic carbocycles. The van der Waals surface area contributed by atoms with E-state index in [2.05, 4.69) is 18.0 Å². The summed E-state index contributed by atoms with van der Waals surface area (Å²) in [5.74, 6) is -0.195. The van der Waals surface area contributed by atoms with Gasteiger partial charge in [-0.1, -0.05) is 19.1 Å². The summed E-state index contributed by atoms with van der Waals surface area (Å²) < 4.78 is 5.48. The fourth-order valence-electron chi connectivity index (χ4n) is 4.57. The van der Waals surface area contributed by atoms with Gasteiger partial charge in [0.05, 0.1) is 30.2 Å². The van der Waals surface area contributed by atoms with E-state index in [0.717, 1.165) is 32.7 Å². The zero-order valence-electron chi connectivity index (χ0n) is 17.8. The number of piperidine rings is 1. The van der Waals surface area contributed by atoms with Crippen LogP contribution in [-0.4, -0.2) is 33.8 Å². The van der Waals surface area contributed by atoms with Gasteiger partial charge in [0.25, 0.3) is 0 Å². The van der Waals surface area contributed by atoms with Crippen molar-refractivity contribution in [3.8, 4) is 11.3 Å². The number of aliphatic hydroxyl groups excluding tert-OH is 1. The molecule has 2 atom stereocenters. The van der Waals surface area contributed by atoms with Gasteiger partial charge < -0.3 is 14.4 Å². The average Bonchev–Trinajstić information content (AvgIpc) is 3.47. The number of nitrogens with one attached hydrogen (secondary N) is 1. The molecular formula is C25H23N3O3S. The van der Waals surface area contributed by atoms with E-state index in [4.69, 9.17) is 9.83 Å². The highest BCUT2D eigenvalue weighted by Gasteiger charge is 2.49. The number of rotatable bonds is 4. The molecule has 4 heterocycles. The molecule has 1 fully saturated rings. The molecule has 4 aromatic rings. The Kier molecular flexibility index (Phi) is 4.95. The Morgan fingerprint density at radius 2 is 2.12 bits per heavy atom. The first-order chi connectivity index (χ1) is 15.4. The lowest BCUT2D eigenvalue weighted by atomic mass is 9.67. The highest BCUT2D eigenvalue weighted by atomic mass is 32.1. The summed E-state index contributed by atoms with van der Waals surface area (Å²) in [5.41, 5.74) is 3.48. The van der Waals surface area contributed by atoms with Crippen LogP contribution in [0.3, 0.4) is 0 Å². The Hall–Kier alpha value is -3.29. The molecule has 0 spiro atoms. The van der Waals surface area contributed by atoms with E-state index in [9.17, 15) is 9.90 Å². The molecule has 7 heteroatoms. The van der Waals surface area contributed by atoms with E-state index in [-0.39, 0.29) is 12.5 Å². The van der Waals surface area contributed by atoms with Gasteiger partial charge in [-0.25, -0.2) is 0 Å². The molecule has 1 amide bonds. The largest absolute Gasteiger partial charge is 0.464 e. The Labute approximate surface area is 189 Å². The van der Waals surface area contributed by atoms with Gasteiger partial charge in [-0.15, -0.1) is 11.3 Å². The maximum absolute atomic E-state index is 13.5. The van der Waals surface area contributed by atoms with Crippen LogP contribution in [0.4, 0.5) is 0 Å². The first-order valence-corrected chi connectivity index (χ1v) is 11.3. The number of carbonyl (C=O) groups is 1. The molecule has 0 unspecified atom stereocenters. The van der Waals surface area contributed by atoms with Crippen LogP contribution < -0.4 is 0 Å². The Bertz CT molecular complexity index is 1340. The van der Waals surface area contributed by atoms with Crippen LogP contribution in [-0.2, 0) is 16.8 Å². The molecule has 2 N–H and O–H groups in total. The van der Waals surface area contributed by atoms with Gasteiger partial charge in [-0.05, 0) is 42.0 Å². The number of thiophene rings is 1. The van der Waals surface area contributed by atoms with E-state index >= 15 is 0 Å². The molecule has 5 rings (SSSR count). The number of benzene rings is 1. The number of aromatic nitrogens is 1. The SMILES string of the molecule is CN1C(=N)C[C@](C)(c2cc(-c3cccc(CO)n3)cs2)[C@H](c2ccc3occc3c2)C1=O. The molecular weight excluding hydrogens is 422 g/mol. The quantitative estimate of drug-likeness (QED) is 0.466. The molecule has 0 radical (unpaired) electrons. The van der Waals surface area contributed by atoms with Crippen molar-refractivity contribution >= 4 is 34.0 Å². The second-order valence-corrected chi connectivity index (χ2v) is 9.37. The van der Waals surface area contributed by atoms with Gasteiger partial charge >= 0.3 is 0 Å². The van der Waals surface area contributed by atoms with Crippen molar-refractivity contribution in [2.75, 3.05) is 7.05 Å². The number of likely N-dealkylation sites (tertiary alicyclic amines) is 1. The summed E-state index contributed by atoms with van der Waals surface area (Å²) in [6.07, 6.45) is 2.10. The Morgan fingerprint density at radius 1 is 1.28 bits per heavy atom. The number of nitrogens with zero attached hydrogens (tertiary/aromatic N) is 2. The second-order valence-electron chi connectivity index (χ2n) is 8.46. The highest BCUT2D eigenvalue weighted by Crippen LogP contribution is 2.49. The lowest BCUT2D eigenvalue weighted by molar-refractivity contribution is -0.131. The molecule has 0 aliphatic carbocycles. The number of furan rings is 1. The molecule has 0 saturated carbocycles. The van der Waals surface area contributed by atoms with Gasteiger partial charge in [0, 0.05) is 40.1 Å². The molecule has 1 aliphatic heterocycles. The molecule has 1 saturated heterocycles. The molecule has 0 bridgehead atoms. The molecule has 1 aliphatic rings. The van der Waals surface area contributed by atoms with Crippen molar-refractivity contribution in [1.82, 2.24) is 9.88 Å². The number of hydrogen-bond donors (Lipinski definition) is 2. The van der Waals surface area contributed by atoms with Crippen LogP contribution in [0.5, 0.6) is 0 Å². The summed E-state index contributed by atoms with van der Waals surface area (Å²) in [6.45, 7) is 1.96. The van der Waals surface area contributed by atoms with E-state index in [1.807, 2.05) is 41.8 Å². The second kappa shape index (κ2) is 7.69. The first kappa shape index (κ1) is 20.6. The number of carbonyl (C=O) groups excluding carboxylic acids is 1. The Morgan fingerprint density at radius 3 is 2.94 bits per heavy atom. The monoisotopic (exact) mass is 445 g/mol. The standard InChI is InChI=1S/C25H23N3O3S/c1-25(21-11-17(14-32-21)19-5-3-4-18(13-29)27-19)12-22(26)28(2)24(30)23(25)16-6-7-20-15(10-16)8-9-31-20/h3-11,14,23,26,29H,12-13H2,1-2H3/t23-,25-/m1/s1. The number of aliphatic hydroxyl groups is 1. The van der Waals surface area contributed by atoms with Crippen LogP contribution in [0.2, 0.25) is 0 Å². The van der Waals surface area contributed by atoms with Gasteiger partial charge in [0.15, 0.2) is 0 Å². The van der Waals surface area contributed by atoms with Crippen LogP contribution in [0.25, 0.3) is 22.2 Å². The van der Waals surface area contributed by atoms with Crippen LogP contribution in [0, 0.1) is 5.41 Å². The highest BCUT2D eigenvalue weighted by molar-refractivity contribution is 7.10. The number of hydrogen-bond acceptors (Lipinski definition) is 6. The third kappa shape index (κ3) is 3.25. The molecule has 32 heavy (non-hydrogen) atoms. The number of likely N-dealkylation sites (N-methyl/N-ethyl adjacent to an activating group) is 1. The average molecular weight is 446 g/mol. The minimum Gasteiger partial charge on any atom is -0.464 e. The van der Waals surface area contributed by atoms with Crippen molar-refractivity contribution in [1.29, 1.82) is 5.41 Å². The number of pyridine rings is 1. The van der Waals surface area contributed by atoms with E-state index in [1.165, 1.54) is 4.90 Å². The molecule has 6 nitrogen and oxygen atoms in total. The topological polar surface area (TPSA) is 90.4 Å². The lowest BCUT2D eigenvalue weighted by Gasteiger charge is -2.44. The van der Waals surface area contributed by atoms with Crippen LogP contribution in [0.1, 0.15) is 35.4 Å². The van der Waals surface area contributed by atoms with Gasteiger partial charge in [0.1, 0.15) is 11.4 Å². The third-order valence-corrected chi connectivity index (χ3v) is 7.60. The number of fused-ring (bicyclic) bond motifs is 1. The summed E-state index contributed by atoms with van der Waals surface area (Å²) in [6, 6.07) is 15.4. The number of amidine groups is 1. The smallest absolute Gasteiger partial charge is 0.236 e. The predicted octanol–water partition coefficient (Wildman–Crippen LogP) is 4.93. The van der Waals surface area contributed by atoms with E-state index in [1.54, 1.807) is 30.7 Å². The minimum absolute atomic E-state index is 0.0815. The normalized spacial score (nSPS) is 21.5. The number of amides is 1. The van der Waals surface area contributed by atoms with E-state index in [0.29, 0.717) is 18.0 Å². The summed E-state index contributed by atoms with van der Waals surface area (Å²) in [4.78, 5) is 20.5.